The van der Waals surface area contributed by atoms with Crippen molar-refractivity contribution in [3.8, 4) is 0 Å². The second-order valence-corrected chi connectivity index (χ2v) is 7.87. The van der Waals surface area contributed by atoms with E-state index in [-0.39, 0.29) is 6.10 Å². The number of nitrogens with zero attached hydrogens (tertiary/aromatic N) is 1. The number of aliphatic hydroxyl groups is 1. The van der Waals surface area contributed by atoms with Gasteiger partial charge in [-0.25, -0.2) is 0 Å². The maximum absolute atomic E-state index is 10.5. The fourth-order valence-electron chi connectivity index (χ4n) is 4.21. The summed E-state index contributed by atoms with van der Waals surface area (Å²) in [6.07, 6.45) is 8.58. The van der Waals surface area contributed by atoms with Crippen LogP contribution in [-0.2, 0) is 0 Å². The Balaban J connectivity index is 1.96. The highest BCUT2D eigenvalue weighted by Gasteiger charge is 2.39. The van der Waals surface area contributed by atoms with Gasteiger partial charge in [0.2, 0.25) is 0 Å². The quantitative estimate of drug-likeness (QED) is 0.839. The second kappa shape index (κ2) is 6.79. The Morgan fingerprint density at radius 2 is 1.70 bits per heavy atom. The minimum Gasteiger partial charge on any atom is -0.391 e. The van der Waals surface area contributed by atoms with Gasteiger partial charge in [0.25, 0.3) is 0 Å². The molecule has 1 saturated heterocycles. The molecule has 0 radical (unpaired) electrons. The third-order valence-electron chi connectivity index (χ3n) is 6.49. The lowest BCUT2D eigenvalue weighted by atomic mass is 9.67. The molecule has 2 aliphatic rings. The van der Waals surface area contributed by atoms with E-state index in [0.717, 1.165) is 18.3 Å². The Kier molecular flexibility index (Phi) is 5.53. The van der Waals surface area contributed by atoms with Crippen LogP contribution in [0.1, 0.15) is 72.6 Å². The van der Waals surface area contributed by atoms with Crippen molar-refractivity contribution in [2.75, 3.05) is 13.1 Å². The van der Waals surface area contributed by atoms with Crippen LogP contribution in [0.2, 0.25) is 0 Å². The van der Waals surface area contributed by atoms with Gasteiger partial charge in [0, 0.05) is 6.04 Å². The van der Waals surface area contributed by atoms with E-state index in [2.05, 4.69) is 32.6 Å². The molecule has 2 fully saturated rings. The molecule has 0 amide bonds. The van der Waals surface area contributed by atoms with Crippen molar-refractivity contribution in [1.29, 1.82) is 0 Å². The number of likely N-dealkylation sites (tertiary alicyclic amines) is 1. The molecule has 0 aromatic rings. The molecule has 0 bridgehead atoms. The van der Waals surface area contributed by atoms with Gasteiger partial charge in [-0.3, -0.25) is 4.90 Å². The van der Waals surface area contributed by atoms with E-state index >= 15 is 0 Å². The van der Waals surface area contributed by atoms with Crippen molar-refractivity contribution in [3.05, 3.63) is 0 Å². The van der Waals surface area contributed by atoms with Gasteiger partial charge in [0.05, 0.1) is 6.10 Å². The highest BCUT2D eigenvalue weighted by Crippen LogP contribution is 2.42. The van der Waals surface area contributed by atoms with Crippen molar-refractivity contribution >= 4 is 0 Å². The molecule has 20 heavy (non-hydrogen) atoms. The summed E-state index contributed by atoms with van der Waals surface area (Å²) in [7, 11) is 0. The normalized spacial score (nSPS) is 34.4. The number of rotatable bonds is 4. The summed E-state index contributed by atoms with van der Waals surface area (Å²) in [5, 5.41) is 10.5. The topological polar surface area (TPSA) is 23.5 Å². The van der Waals surface area contributed by atoms with Gasteiger partial charge in [-0.15, -0.1) is 0 Å². The Labute approximate surface area is 125 Å². The van der Waals surface area contributed by atoms with Crippen molar-refractivity contribution in [2.45, 2.75) is 84.8 Å². The van der Waals surface area contributed by atoms with Gasteiger partial charge >= 0.3 is 0 Å². The molecule has 1 saturated carbocycles. The maximum atomic E-state index is 10.5. The molecule has 0 aromatic carbocycles. The van der Waals surface area contributed by atoms with Crippen molar-refractivity contribution in [2.24, 2.45) is 17.3 Å². The van der Waals surface area contributed by atoms with Gasteiger partial charge in [-0.05, 0) is 62.4 Å². The predicted molar refractivity (Wildman–Crippen MR) is 85.8 cm³/mol. The Hall–Kier alpha value is -0.0800. The summed E-state index contributed by atoms with van der Waals surface area (Å²) in [6, 6.07) is 0.428. The first-order valence-electron chi connectivity index (χ1n) is 8.90. The maximum Gasteiger partial charge on any atom is 0.0695 e. The van der Waals surface area contributed by atoms with E-state index in [1.165, 1.54) is 51.6 Å². The zero-order valence-electron chi connectivity index (χ0n) is 14.1. The van der Waals surface area contributed by atoms with Gasteiger partial charge in [0.1, 0.15) is 0 Å². The summed E-state index contributed by atoms with van der Waals surface area (Å²) in [6.45, 7) is 11.9. The lowest BCUT2D eigenvalue weighted by molar-refractivity contribution is -0.0316. The fraction of sp³-hybridized carbons (Fsp3) is 1.00. The van der Waals surface area contributed by atoms with Crippen molar-refractivity contribution < 1.29 is 5.11 Å². The van der Waals surface area contributed by atoms with E-state index in [0.29, 0.717) is 11.5 Å². The Morgan fingerprint density at radius 3 is 2.25 bits per heavy atom. The summed E-state index contributed by atoms with van der Waals surface area (Å²) in [5.74, 6) is 1.71. The largest absolute Gasteiger partial charge is 0.391 e. The predicted octanol–water partition coefficient (Wildman–Crippen LogP) is 4.07. The van der Waals surface area contributed by atoms with Crippen molar-refractivity contribution in [3.63, 3.8) is 0 Å². The molecule has 2 rings (SSSR count). The second-order valence-electron chi connectivity index (χ2n) is 7.87. The summed E-state index contributed by atoms with van der Waals surface area (Å²) >= 11 is 0. The molecule has 2 nitrogen and oxygen atoms in total. The van der Waals surface area contributed by atoms with Crippen LogP contribution in [0.4, 0.5) is 0 Å². The lowest BCUT2D eigenvalue weighted by Gasteiger charge is -2.47. The highest BCUT2D eigenvalue weighted by atomic mass is 16.3. The summed E-state index contributed by atoms with van der Waals surface area (Å²) in [5.41, 5.74) is 0.431. The van der Waals surface area contributed by atoms with Crippen LogP contribution < -0.4 is 0 Å². The molecule has 1 aliphatic carbocycles. The van der Waals surface area contributed by atoms with E-state index in [4.69, 9.17) is 0 Å². The van der Waals surface area contributed by atoms with Crippen LogP contribution in [0.3, 0.4) is 0 Å². The van der Waals surface area contributed by atoms with Gasteiger partial charge in [0.15, 0.2) is 0 Å². The minimum atomic E-state index is -0.0860. The Bertz CT molecular complexity index is 294. The molecule has 118 valence electrons. The zero-order chi connectivity index (χ0) is 14.8. The zero-order valence-corrected chi connectivity index (χ0v) is 14.1. The first-order valence-corrected chi connectivity index (χ1v) is 8.90. The SMILES string of the molecule is CCC1CCN(C2CC(C(C)(C)CC)CCC2O)CC1. The van der Waals surface area contributed by atoms with Crippen LogP contribution in [0.25, 0.3) is 0 Å². The van der Waals surface area contributed by atoms with Crippen LogP contribution in [0.5, 0.6) is 0 Å². The van der Waals surface area contributed by atoms with Crippen LogP contribution in [-0.4, -0.2) is 35.2 Å². The fourth-order valence-corrected chi connectivity index (χ4v) is 4.21. The van der Waals surface area contributed by atoms with E-state index in [9.17, 15) is 5.11 Å². The van der Waals surface area contributed by atoms with Gasteiger partial charge in [-0.2, -0.15) is 0 Å². The number of piperidine rings is 1. The lowest BCUT2D eigenvalue weighted by Crippen LogP contribution is -2.51. The van der Waals surface area contributed by atoms with Gasteiger partial charge < -0.3 is 5.11 Å². The molecule has 0 aromatic heterocycles. The van der Waals surface area contributed by atoms with Crippen LogP contribution in [0.15, 0.2) is 0 Å². The molecule has 1 aliphatic heterocycles. The third-order valence-corrected chi connectivity index (χ3v) is 6.49. The number of aliphatic hydroxyl groups excluding tert-OH is 1. The molecule has 1 N–H and O–H groups in total. The smallest absolute Gasteiger partial charge is 0.0695 e. The monoisotopic (exact) mass is 281 g/mol. The average Bonchev–Trinajstić information content (AvgIpc) is 2.47. The summed E-state index contributed by atoms with van der Waals surface area (Å²) in [4.78, 5) is 2.61. The molecule has 3 atom stereocenters. The summed E-state index contributed by atoms with van der Waals surface area (Å²) < 4.78 is 0. The molecule has 0 spiro atoms. The Morgan fingerprint density at radius 1 is 1.05 bits per heavy atom. The molecule has 2 heteroatoms. The van der Waals surface area contributed by atoms with Crippen LogP contribution in [0, 0.1) is 17.3 Å². The van der Waals surface area contributed by atoms with Crippen LogP contribution >= 0.6 is 0 Å². The third kappa shape index (κ3) is 3.57. The number of hydrogen-bond donors (Lipinski definition) is 1. The number of hydrogen-bond acceptors (Lipinski definition) is 2. The first-order chi connectivity index (χ1) is 9.47. The van der Waals surface area contributed by atoms with E-state index in [1.807, 2.05) is 0 Å². The average molecular weight is 281 g/mol. The van der Waals surface area contributed by atoms with Crippen molar-refractivity contribution in [1.82, 2.24) is 4.90 Å². The van der Waals surface area contributed by atoms with E-state index < -0.39 is 0 Å². The molecule has 3 unspecified atom stereocenters. The minimum absolute atomic E-state index is 0.0860. The van der Waals surface area contributed by atoms with Gasteiger partial charge in [-0.1, -0.05) is 40.5 Å². The molecular weight excluding hydrogens is 246 g/mol. The molecular formula is C18H35NO. The molecule has 1 heterocycles. The highest BCUT2D eigenvalue weighted by molar-refractivity contribution is 4.92. The first kappa shape index (κ1) is 16.3. The van der Waals surface area contributed by atoms with E-state index in [1.54, 1.807) is 0 Å². The standard InChI is InChI=1S/C18H35NO/c1-5-14-9-11-19(12-10-14)16-13-15(7-8-17(16)20)18(3,4)6-2/h14-17,20H,5-13H2,1-4H3.